The summed E-state index contributed by atoms with van der Waals surface area (Å²) in [6, 6.07) is 0. The molecule has 0 rings (SSSR count). The second-order valence-corrected chi connectivity index (χ2v) is 3.05. The first kappa shape index (κ1) is 9.17. The van der Waals surface area contributed by atoms with Gasteiger partial charge in [-0.2, -0.15) is 0 Å². The lowest BCUT2D eigenvalue weighted by atomic mass is 10.4. The van der Waals surface area contributed by atoms with E-state index in [4.69, 9.17) is 4.84 Å². The SMILES string of the molecule is C=C(C)C(=O)O[N+](C)(C)C. The number of carbonyl (C=O) groups excluding carboxylic acids is 1. The summed E-state index contributed by atoms with van der Waals surface area (Å²) in [6.07, 6.45) is 0. The first-order valence-corrected chi connectivity index (χ1v) is 3.04. The van der Waals surface area contributed by atoms with Gasteiger partial charge in [0.25, 0.3) is 0 Å². The van der Waals surface area contributed by atoms with Crippen molar-refractivity contribution in [1.82, 2.24) is 0 Å². The van der Waals surface area contributed by atoms with Crippen molar-refractivity contribution in [1.29, 1.82) is 0 Å². The largest absolute Gasteiger partial charge is 0.392 e. The molecule has 0 aromatic carbocycles. The molecular formula is C7H14NO2+. The Labute approximate surface area is 61.4 Å². The highest BCUT2D eigenvalue weighted by molar-refractivity contribution is 5.86. The lowest BCUT2D eigenvalue weighted by Gasteiger charge is -2.19. The van der Waals surface area contributed by atoms with Gasteiger partial charge in [0.1, 0.15) is 21.1 Å². The summed E-state index contributed by atoms with van der Waals surface area (Å²) in [5, 5.41) is 0. The van der Waals surface area contributed by atoms with E-state index in [9.17, 15) is 4.79 Å². The van der Waals surface area contributed by atoms with Crippen LogP contribution in [0.3, 0.4) is 0 Å². The van der Waals surface area contributed by atoms with Crippen LogP contribution in [0, 0.1) is 0 Å². The third-order valence-corrected chi connectivity index (χ3v) is 0.705. The Morgan fingerprint density at radius 3 is 1.90 bits per heavy atom. The normalized spacial score (nSPS) is 10.8. The number of rotatable bonds is 2. The van der Waals surface area contributed by atoms with Crippen LogP contribution in [0.15, 0.2) is 12.2 Å². The van der Waals surface area contributed by atoms with Crippen LogP contribution in [0.1, 0.15) is 6.92 Å². The van der Waals surface area contributed by atoms with Crippen molar-refractivity contribution in [3.63, 3.8) is 0 Å². The Kier molecular flexibility index (Phi) is 2.60. The maximum atomic E-state index is 10.8. The molecule has 0 aliphatic heterocycles. The Bertz CT molecular complexity index is 155. The van der Waals surface area contributed by atoms with Gasteiger partial charge >= 0.3 is 5.97 Å². The predicted molar refractivity (Wildman–Crippen MR) is 38.9 cm³/mol. The number of hydrogen-bond acceptors (Lipinski definition) is 2. The summed E-state index contributed by atoms with van der Waals surface area (Å²) in [6.45, 7) is 5.08. The minimum absolute atomic E-state index is 0.172. The van der Waals surface area contributed by atoms with E-state index in [2.05, 4.69) is 6.58 Å². The van der Waals surface area contributed by atoms with Crippen molar-refractivity contribution in [2.45, 2.75) is 6.92 Å². The maximum absolute atomic E-state index is 10.8. The average molecular weight is 144 g/mol. The maximum Gasteiger partial charge on any atom is 0.392 e. The molecule has 10 heavy (non-hydrogen) atoms. The molecule has 0 fully saturated rings. The summed E-state index contributed by atoms with van der Waals surface area (Å²) in [5.41, 5.74) is 0.424. The zero-order chi connectivity index (χ0) is 8.36. The Balaban J connectivity index is 3.93. The summed E-state index contributed by atoms with van der Waals surface area (Å²) >= 11 is 0. The van der Waals surface area contributed by atoms with E-state index in [-0.39, 0.29) is 10.6 Å². The standard InChI is InChI=1S/C7H14NO2/c1-6(2)7(9)10-8(3,4)5/h1H2,2-5H3/q+1. The quantitative estimate of drug-likeness (QED) is 0.324. The molecule has 0 heterocycles. The van der Waals surface area contributed by atoms with E-state index in [0.717, 1.165) is 0 Å². The van der Waals surface area contributed by atoms with Crippen LogP contribution < -0.4 is 0 Å². The molecule has 0 N–H and O–H groups in total. The van der Waals surface area contributed by atoms with Crippen molar-refractivity contribution in [2.75, 3.05) is 21.1 Å². The molecule has 3 nitrogen and oxygen atoms in total. The van der Waals surface area contributed by atoms with E-state index in [1.165, 1.54) is 0 Å². The zero-order valence-electron chi connectivity index (χ0n) is 6.97. The van der Waals surface area contributed by atoms with Gasteiger partial charge in [-0.05, 0) is 6.92 Å². The highest BCUT2D eigenvalue weighted by Crippen LogP contribution is 1.98. The van der Waals surface area contributed by atoms with E-state index in [0.29, 0.717) is 5.57 Å². The van der Waals surface area contributed by atoms with Gasteiger partial charge in [0, 0.05) is 5.57 Å². The third kappa shape index (κ3) is 4.09. The fourth-order valence-electron chi connectivity index (χ4n) is 0.327. The van der Waals surface area contributed by atoms with Gasteiger partial charge in [-0.15, -0.1) is 4.65 Å². The van der Waals surface area contributed by atoms with Gasteiger partial charge in [-0.25, -0.2) is 4.79 Å². The Hall–Kier alpha value is -0.830. The molecule has 0 amide bonds. The van der Waals surface area contributed by atoms with Crippen LogP contribution in [0.2, 0.25) is 0 Å². The molecule has 3 heteroatoms. The first-order valence-electron chi connectivity index (χ1n) is 3.04. The molecule has 58 valence electrons. The summed E-state index contributed by atoms with van der Waals surface area (Å²) in [7, 11) is 5.29. The van der Waals surface area contributed by atoms with Gasteiger partial charge < -0.3 is 0 Å². The topological polar surface area (TPSA) is 26.3 Å². The van der Waals surface area contributed by atoms with Crippen LogP contribution in [0.25, 0.3) is 0 Å². The van der Waals surface area contributed by atoms with Crippen LogP contribution >= 0.6 is 0 Å². The molecule has 0 spiro atoms. The van der Waals surface area contributed by atoms with E-state index in [1.54, 1.807) is 28.1 Å². The highest BCUT2D eigenvalue weighted by Gasteiger charge is 2.15. The van der Waals surface area contributed by atoms with Crippen LogP contribution in [0.4, 0.5) is 0 Å². The summed E-state index contributed by atoms with van der Waals surface area (Å²) in [5.74, 6) is -0.354. The van der Waals surface area contributed by atoms with Crippen molar-refractivity contribution >= 4 is 5.97 Å². The van der Waals surface area contributed by atoms with Crippen molar-refractivity contribution in [2.24, 2.45) is 0 Å². The fraction of sp³-hybridized carbons (Fsp3) is 0.571. The lowest BCUT2D eigenvalue weighted by molar-refractivity contribution is -1.04. The van der Waals surface area contributed by atoms with Crippen LogP contribution in [-0.4, -0.2) is 31.8 Å². The molecule has 0 unspecified atom stereocenters. The average Bonchev–Trinajstić information content (AvgIpc) is 1.60. The minimum atomic E-state index is -0.354. The number of quaternary nitrogens is 1. The number of hydroxylamine groups is 3. The number of nitrogens with zero attached hydrogens (tertiary/aromatic N) is 1. The predicted octanol–water partition coefficient (Wildman–Crippen LogP) is 0.727. The number of carbonyl (C=O) groups is 1. The molecule has 0 aromatic heterocycles. The zero-order valence-corrected chi connectivity index (χ0v) is 6.97. The molecular weight excluding hydrogens is 130 g/mol. The lowest BCUT2D eigenvalue weighted by Crippen LogP contribution is -2.37. The van der Waals surface area contributed by atoms with Gasteiger partial charge in [0.05, 0.1) is 0 Å². The Morgan fingerprint density at radius 2 is 1.80 bits per heavy atom. The highest BCUT2D eigenvalue weighted by atomic mass is 16.7. The van der Waals surface area contributed by atoms with E-state index >= 15 is 0 Å². The molecule has 0 atom stereocenters. The first-order chi connectivity index (χ1) is 4.33. The molecule has 0 saturated carbocycles. The molecule has 0 radical (unpaired) electrons. The summed E-state index contributed by atoms with van der Waals surface area (Å²) < 4.78 is 0.172. The van der Waals surface area contributed by atoms with Gasteiger partial charge in [-0.1, -0.05) is 6.58 Å². The monoisotopic (exact) mass is 144 g/mol. The third-order valence-electron chi connectivity index (χ3n) is 0.705. The van der Waals surface area contributed by atoms with Gasteiger partial charge in [0.15, 0.2) is 0 Å². The van der Waals surface area contributed by atoms with Gasteiger partial charge in [0.2, 0.25) is 0 Å². The summed E-state index contributed by atoms with van der Waals surface area (Å²) in [4.78, 5) is 15.7. The number of hydrogen-bond donors (Lipinski definition) is 0. The van der Waals surface area contributed by atoms with Gasteiger partial charge in [-0.3, -0.25) is 4.84 Å². The fourth-order valence-corrected chi connectivity index (χ4v) is 0.327. The minimum Gasteiger partial charge on any atom is -0.272 e. The van der Waals surface area contributed by atoms with E-state index in [1.807, 2.05) is 0 Å². The van der Waals surface area contributed by atoms with Crippen molar-refractivity contribution in [3.8, 4) is 0 Å². The van der Waals surface area contributed by atoms with E-state index < -0.39 is 0 Å². The van der Waals surface area contributed by atoms with Crippen molar-refractivity contribution in [3.05, 3.63) is 12.2 Å². The molecule has 0 bridgehead atoms. The van der Waals surface area contributed by atoms with Crippen LogP contribution in [-0.2, 0) is 9.63 Å². The second kappa shape index (κ2) is 2.84. The molecule has 0 aliphatic carbocycles. The molecule has 0 aliphatic rings. The smallest absolute Gasteiger partial charge is 0.272 e. The van der Waals surface area contributed by atoms with Crippen LogP contribution in [0.5, 0.6) is 0 Å². The molecule has 0 aromatic rings. The Morgan fingerprint density at radius 1 is 1.40 bits per heavy atom. The second-order valence-electron chi connectivity index (χ2n) is 3.05. The molecule has 0 saturated heterocycles. The van der Waals surface area contributed by atoms with Crippen molar-refractivity contribution < 1.29 is 14.3 Å².